The molecule has 0 aromatic carbocycles. The molecule has 20 heavy (non-hydrogen) atoms. The summed E-state index contributed by atoms with van der Waals surface area (Å²) in [6.07, 6.45) is 2.64. The predicted molar refractivity (Wildman–Crippen MR) is 77.2 cm³/mol. The Bertz CT molecular complexity index is 369. The molecule has 114 valence electrons. The van der Waals surface area contributed by atoms with E-state index in [9.17, 15) is 9.59 Å². The third-order valence-corrected chi connectivity index (χ3v) is 4.54. The van der Waals surface area contributed by atoms with Crippen LogP contribution in [0.4, 0.5) is 4.79 Å². The molecule has 0 aromatic heterocycles. The highest BCUT2D eigenvalue weighted by molar-refractivity contribution is 5.87. The summed E-state index contributed by atoms with van der Waals surface area (Å²) in [5, 5.41) is 0. The maximum absolute atomic E-state index is 12.3. The summed E-state index contributed by atoms with van der Waals surface area (Å²) in [5.74, 6) is 0.0682. The van der Waals surface area contributed by atoms with E-state index in [4.69, 9.17) is 5.73 Å². The van der Waals surface area contributed by atoms with Gasteiger partial charge in [-0.05, 0) is 33.1 Å². The fourth-order valence-electron chi connectivity index (χ4n) is 2.88. The second-order valence-corrected chi connectivity index (χ2v) is 5.74. The maximum Gasteiger partial charge on any atom is 0.320 e. The summed E-state index contributed by atoms with van der Waals surface area (Å²) in [7, 11) is 0. The number of hydrogen-bond acceptors (Lipinski definition) is 3. The van der Waals surface area contributed by atoms with Crippen LogP contribution in [0.25, 0.3) is 0 Å². The minimum atomic E-state index is -0.620. The molecule has 0 bridgehead atoms. The molecule has 1 saturated heterocycles. The topological polar surface area (TPSA) is 69.9 Å². The summed E-state index contributed by atoms with van der Waals surface area (Å²) < 4.78 is 0. The standard InChI is InChI=1S/C14H26N4O2/c1-3-16(4-2)13(20)18-10-8-17(9-11-18)12(19)14(15)6-5-7-14/h3-11,15H2,1-2H3. The van der Waals surface area contributed by atoms with Crippen LogP contribution in [0.15, 0.2) is 0 Å². The van der Waals surface area contributed by atoms with Crippen LogP contribution in [-0.4, -0.2) is 71.4 Å². The average Bonchev–Trinajstić information content (AvgIpc) is 2.45. The number of amides is 3. The summed E-state index contributed by atoms with van der Waals surface area (Å²) in [4.78, 5) is 30.0. The Hall–Kier alpha value is -1.30. The first-order valence-electron chi connectivity index (χ1n) is 7.64. The first-order valence-corrected chi connectivity index (χ1v) is 7.64. The number of piperazine rings is 1. The van der Waals surface area contributed by atoms with Crippen molar-refractivity contribution in [2.75, 3.05) is 39.3 Å². The highest BCUT2D eigenvalue weighted by atomic mass is 16.2. The van der Waals surface area contributed by atoms with Crippen molar-refractivity contribution in [1.29, 1.82) is 0 Å². The van der Waals surface area contributed by atoms with Crippen molar-refractivity contribution in [2.45, 2.75) is 38.6 Å². The van der Waals surface area contributed by atoms with Gasteiger partial charge in [0.2, 0.25) is 5.91 Å². The van der Waals surface area contributed by atoms with E-state index in [2.05, 4.69) is 0 Å². The number of urea groups is 1. The lowest BCUT2D eigenvalue weighted by Gasteiger charge is -2.43. The Labute approximate surface area is 120 Å². The van der Waals surface area contributed by atoms with Gasteiger partial charge in [-0.3, -0.25) is 4.79 Å². The van der Waals surface area contributed by atoms with Crippen molar-refractivity contribution < 1.29 is 9.59 Å². The first kappa shape index (κ1) is 15.1. The molecule has 1 aliphatic heterocycles. The van der Waals surface area contributed by atoms with Crippen LogP contribution in [0.2, 0.25) is 0 Å². The molecule has 2 rings (SSSR count). The molecule has 1 aliphatic carbocycles. The molecule has 2 fully saturated rings. The van der Waals surface area contributed by atoms with E-state index < -0.39 is 5.54 Å². The van der Waals surface area contributed by atoms with Gasteiger partial charge in [-0.1, -0.05) is 0 Å². The molecule has 1 saturated carbocycles. The van der Waals surface area contributed by atoms with Crippen LogP contribution in [0, 0.1) is 0 Å². The highest BCUT2D eigenvalue weighted by Crippen LogP contribution is 2.31. The van der Waals surface area contributed by atoms with Crippen molar-refractivity contribution in [3.8, 4) is 0 Å². The van der Waals surface area contributed by atoms with Gasteiger partial charge in [-0.25, -0.2) is 4.79 Å². The zero-order valence-corrected chi connectivity index (χ0v) is 12.6. The number of nitrogens with two attached hydrogens (primary N) is 1. The van der Waals surface area contributed by atoms with Crippen molar-refractivity contribution >= 4 is 11.9 Å². The van der Waals surface area contributed by atoms with Crippen LogP contribution in [0.5, 0.6) is 0 Å². The summed E-state index contributed by atoms with van der Waals surface area (Å²) in [5.41, 5.74) is 5.46. The summed E-state index contributed by atoms with van der Waals surface area (Å²) in [6.45, 7) is 7.83. The molecular formula is C14H26N4O2. The molecule has 6 heteroatoms. The van der Waals surface area contributed by atoms with Gasteiger partial charge < -0.3 is 20.4 Å². The van der Waals surface area contributed by atoms with Crippen LogP contribution in [-0.2, 0) is 4.79 Å². The second kappa shape index (κ2) is 5.99. The van der Waals surface area contributed by atoms with Gasteiger partial charge in [0.1, 0.15) is 0 Å². The maximum atomic E-state index is 12.3. The van der Waals surface area contributed by atoms with E-state index in [1.807, 2.05) is 28.5 Å². The molecule has 0 atom stereocenters. The SMILES string of the molecule is CCN(CC)C(=O)N1CCN(C(=O)C2(N)CCC2)CC1. The van der Waals surface area contributed by atoms with Gasteiger partial charge in [0.15, 0.2) is 0 Å². The van der Waals surface area contributed by atoms with E-state index in [0.717, 1.165) is 32.4 Å². The number of rotatable bonds is 3. The molecule has 2 aliphatic rings. The van der Waals surface area contributed by atoms with Gasteiger partial charge in [0.25, 0.3) is 0 Å². The smallest absolute Gasteiger partial charge is 0.320 e. The average molecular weight is 282 g/mol. The fraction of sp³-hybridized carbons (Fsp3) is 0.857. The molecule has 2 N–H and O–H groups in total. The normalized spacial score (nSPS) is 21.4. The van der Waals surface area contributed by atoms with E-state index in [-0.39, 0.29) is 11.9 Å². The molecule has 3 amide bonds. The Morgan fingerprint density at radius 3 is 1.95 bits per heavy atom. The number of nitrogens with zero attached hydrogens (tertiary/aromatic N) is 3. The van der Waals surface area contributed by atoms with Gasteiger partial charge >= 0.3 is 6.03 Å². The van der Waals surface area contributed by atoms with E-state index >= 15 is 0 Å². The highest BCUT2D eigenvalue weighted by Gasteiger charge is 2.43. The zero-order valence-electron chi connectivity index (χ0n) is 12.6. The van der Waals surface area contributed by atoms with Crippen LogP contribution in [0.3, 0.4) is 0 Å². The third kappa shape index (κ3) is 2.75. The first-order chi connectivity index (χ1) is 9.51. The van der Waals surface area contributed by atoms with Gasteiger partial charge in [0, 0.05) is 39.3 Å². The zero-order chi connectivity index (χ0) is 14.8. The van der Waals surface area contributed by atoms with Gasteiger partial charge in [0.05, 0.1) is 5.54 Å². The Balaban J connectivity index is 1.86. The van der Waals surface area contributed by atoms with E-state index in [1.165, 1.54) is 0 Å². The minimum absolute atomic E-state index is 0.0682. The van der Waals surface area contributed by atoms with Gasteiger partial charge in [-0.15, -0.1) is 0 Å². The lowest BCUT2D eigenvalue weighted by atomic mass is 9.76. The number of carbonyl (C=O) groups excluding carboxylic acids is 2. The van der Waals surface area contributed by atoms with Crippen LogP contribution < -0.4 is 5.73 Å². The lowest BCUT2D eigenvalue weighted by molar-refractivity contribution is -0.141. The summed E-state index contributed by atoms with van der Waals surface area (Å²) in [6, 6.07) is 0.0770. The molecule has 1 heterocycles. The van der Waals surface area contributed by atoms with Crippen molar-refractivity contribution in [2.24, 2.45) is 5.73 Å². The Kier molecular flexibility index (Phi) is 4.52. The molecule has 0 aromatic rings. The van der Waals surface area contributed by atoms with E-state index in [0.29, 0.717) is 26.2 Å². The van der Waals surface area contributed by atoms with Crippen LogP contribution in [0.1, 0.15) is 33.1 Å². The summed E-state index contributed by atoms with van der Waals surface area (Å²) >= 11 is 0. The third-order valence-electron chi connectivity index (χ3n) is 4.54. The molecule has 0 spiro atoms. The van der Waals surface area contributed by atoms with Crippen molar-refractivity contribution in [3.63, 3.8) is 0 Å². The van der Waals surface area contributed by atoms with Crippen molar-refractivity contribution in [1.82, 2.24) is 14.7 Å². The largest absolute Gasteiger partial charge is 0.338 e. The Morgan fingerprint density at radius 2 is 1.55 bits per heavy atom. The van der Waals surface area contributed by atoms with E-state index in [1.54, 1.807) is 0 Å². The number of carbonyl (C=O) groups is 2. The lowest BCUT2D eigenvalue weighted by Crippen LogP contribution is -2.63. The Morgan fingerprint density at radius 1 is 1.05 bits per heavy atom. The molecular weight excluding hydrogens is 256 g/mol. The molecule has 0 unspecified atom stereocenters. The molecule has 6 nitrogen and oxygen atoms in total. The van der Waals surface area contributed by atoms with Crippen LogP contribution >= 0.6 is 0 Å². The predicted octanol–water partition coefficient (Wildman–Crippen LogP) is 0.474. The quantitative estimate of drug-likeness (QED) is 0.818. The van der Waals surface area contributed by atoms with Crippen molar-refractivity contribution in [3.05, 3.63) is 0 Å². The molecule has 0 radical (unpaired) electrons. The monoisotopic (exact) mass is 282 g/mol. The second-order valence-electron chi connectivity index (χ2n) is 5.74. The minimum Gasteiger partial charge on any atom is -0.338 e. The number of hydrogen-bond donors (Lipinski definition) is 1. The fourth-order valence-corrected chi connectivity index (χ4v) is 2.88. The van der Waals surface area contributed by atoms with Gasteiger partial charge in [-0.2, -0.15) is 0 Å².